The van der Waals surface area contributed by atoms with Crippen molar-refractivity contribution in [2.24, 2.45) is 0 Å². The van der Waals surface area contributed by atoms with E-state index in [9.17, 15) is 9.59 Å². The summed E-state index contributed by atoms with van der Waals surface area (Å²) >= 11 is 0. The molecule has 1 N–H and O–H groups in total. The smallest absolute Gasteiger partial charge is 0.326 e. The largest absolute Gasteiger partial charge is 0.480 e. The number of amides is 1. The summed E-state index contributed by atoms with van der Waals surface area (Å²) in [5.41, 5.74) is 0. The second-order valence-electron chi connectivity index (χ2n) is 3.78. The van der Waals surface area contributed by atoms with Crippen LogP contribution < -0.4 is 0 Å². The van der Waals surface area contributed by atoms with Gasteiger partial charge in [0, 0.05) is 12.5 Å². The third-order valence-electron chi connectivity index (χ3n) is 3.01. The van der Waals surface area contributed by atoms with Crippen LogP contribution in [-0.2, 0) is 9.59 Å². The van der Waals surface area contributed by atoms with E-state index < -0.39 is 12.0 Å². The van der Waals surface area contributed by atoms with E-state index in [1.807, 2.05) is 0 Å². The highest BCUT2D eigenvalue weighted by Crippen LogP contribution is 2.31. The topological polar surface area (TPSA) is 57.6 Å². The number of hydrogen-bond acceptors (Lipinski definition) is 2. The average molecular weight is 183 g/mol. The molecule has 1 amide bonds. The van der Waals surface area contributed by atoms with Crippen molar-refractivity contribution in [3.8, 4) is 0 Å². The first-order valence-corrected chi connectivity index (χ1v) is 4.74. The molecule has 0 aromatic heterocycles. The molecule has 2 heterocycles. The van der Waals surface area contributed by atoms with Crippen LogP contribution in [0, 0.1) is 0 Å². The normalized spacial score (nSPS) is 33.2. The van der Waals surface area contributed by atoms with Crippen molar-refractivity contribution in [1.82, 2.24) is 4.90 Å². The molecule has 0 radical (unpaired) electrons. The molecule has 4 nitrogen and oxygen atoms in total. The molecular weight excluding hydrogens is 170 g/mol. The molecule has 0 saturated carbocycles. The third-order valence-corrected chi connectivity index (χ3v) is 3.01. The van der Waals surface area contributed by atoms with Crippen LogP contribution in [-0.4, -0.2) is 34.0 Å². The monoisotopic (exact) mass is 183 g/mol. The third kappa shape index (κ3) is 1.30. The first-order chi connectivity index (χ1) is 6.20. The first kappa shape index (κ1) is 8.53. The van der Waals surface area contributed by atoms with Gasteiger partial charge in [0.15, 0.2) is 0 Å². The van der Waals surface area contributed by atoms with Crippen LogP contribution in [0.25, 0.3) is 0 Å². The van der Waals surface area contributed by atoms with E-state index in [2.05, 4.69) is 0 Å². The summed E-state index contributed by atoms with van der Waals surface area (Å²) in [5.74, 6) is -0.822. The number of carbonyl (C=O) groups is 2. The van der Waals surface area contributed by atoms with Gasteiger partial charge in [0.1, 0.15) is 6.04 Å². The summed E-state index contributed by atoms with van der Waals surface area (Å²) in [7, 11) is 0. The Bertz CT molecular complexity index is 251. The minimum absolute atomic E-state index is 0.0251. The van der Waals surface area contributed by atoms with Crippen LogP contribution in [0.3, 0.4) is 0 Å². The molecule has 0 unspecified atom stereocenters. The Hall–Kier alpha value is -1.06. The molecule has 0 bridgehead atoms. The van der Waals surface area contributed by atoms with Gasteiger partial charge in [0.2, 0.25) is 5.91 Å². The number of aliphatic carboxylic acids is 1. The number of piperidine rings is 1. The number of fused-ring (bicyclic) bond motifs is 1. The molecule has 0 spiro atoms. The Morgan fingerprint density at radius 1 is 1.38 bits per heavy atom. The van der Waals surface area contributed by atoms with Gasteiger partial charge in [0.05, 0.1) is 0 Å². The molecule has 2 aliphatic heterocycles. The summed E-state index contributed by atoms with van der Waals surface area (Å²) in [4.78, 5) is 23.8. The Labute approximate surface area is 76.5 Å². The zero-order chi connectivity index (χ0) is 9.42. The highest BCUT2D eigenvalue weighted by molar-refractivity contribution is 5.85. The lowest BCUT2D eigenvalue weighted by atomic mass is 9.97. The van der Waals surface area contributed by atoms with E-state index in [0.29, 0.717) is 12.8 Å². The first-order valence-electron chi connectivity index (χ1n) is 4.74. The lowest BCUT2D eigenvalue weighted by molar-refractivity contribution is -0.151. The molecule has 4 heteroatoms. The van der Waals surface area contributed by atoms with Crippen molar-refractivity contribution >= 4 is 11.9 Å². The van der Waals surface area contributed by atoms with Crippen molar-refractivity contribution in [3.05, 3.63) is 0 Å². The average Bonchev–Trinajstić information content (AvgIpc) is 2.48. The van der Waals surface area contributed by atoms with Gasteiger partial charge in [-0.15, -0.1) is 0 Å². The van der Waals surface area contributed by atoms with Gasteiger partial charge in [-0.1, -0.05) is 0 Å². The molecule has 2 aliphatic rings. The number of rotatable bonds is 1. The van der Waals surface area contributed by atoms with Crippen LogP contribution in [0.1, 0.15) is 32.1 Å². The van der Waals surface area contributed by atoms with Crippen LogP contribution in [0.15, 0.2) is 0 Å². The Morgan fingerprint density at radius 2 is 2.15 bits per heavy atom. The lowest BCUT2D eigenvalue weighted by Gasteiger charge is -2.35. The van der Waals surface area contributed by atoms with Crippen LogP contribution in [0.2, 0.25) is 0 Å². The van der Waals surface area contributed by atoms with Crippen LogP contribution in [0.4, 0.5) is 0 Å². The van der Waals surface area contributed by atoms with E-state index in [1.54, 1.807) is 4.90 Å². The molecule has 2 atom stereocenters. The second-order valence-corrected chi connectivity index (χ2v) is 3.78. The number of nitrogens with zero attached hydrogens (tertiary/aromatic N) is 1. The van der Waals surface area contributed by atoms with Gasteiger partial charge in [-0.25, -0.2) is 4.79 Å². The van der Waals surface area contributed by atoms with E-state index in [1.165, 1.54) is 0 Å². The number of carbonyl (C=O) groups excluding carboxylic acids is 1. The molecule has 13 heavy (non-hydrogen) atoms. The Morgan fingerprint density at radius 3 is 2.85 bits per heavy atom. The highest BCUT2D eigenvalue weighted by Gasteiger charge is 2.41. The summed E-state index contributed by atoms with van der Waals surface area (Å²) < 4.78 is 0. The van der Waals surface area contributed by atoms with Gasteiger partial charge < -0.3 is 10.0 Å². The van der Waals surface area contributed by atoms with E-state index in [-0.39, 0.29) is 11.9 Å². The summed E-state index contributed by atoms with van der Waals surface area (Å²) in [5, 5.41) is 8.91. The molecular formula is C9H13NO3. The molecule has 2 fully saturated rings. The predicted octanol–water partition coefficient (Wildman–Crippen LogP) is 0.615. The fourth-order valence-corrected chi connectivity index (χ4v) is 2.40. The molecule has 2 saturated heterocycles. The number of carboxylic acid groups (broad SMARTS) is 1. The van der Waals surface area contributed by atoms with Crippen molar-refractivity contribution in [1.29, 1.82) is 0 Å². The lowest BCUT2D eigenvalue weighted by Crippen LogP contribution is -2.49. The number of carboxylic acids is 1. The predicted molar refractivity (Wildman–Crippen MR) is 45.1 cm³/mol. The Balaban J connectivity index is 2.19. The maximum absolute atomic E-state index is 11.4. The Kier molecular flexibility index (Phi) is 1.98. The van der Waals surface area contributed by atoms with Crippen molar-refractivity contribution in [2.45, 2.75) is 44.2 Å². The van der Waals surface area contributed by atoms with Crippen molar-refractivity contribution in [2.75, 3.05) is 0 Å². The minimum atomic E-state index is -0.847. The molecule has 72 valence electrons. The maximum atomic E-state index is 11.4. The zero-order valence-electron chi connectivity index (χ0n) is 7.40. The fourth-order valence-electron chi connectivity index (χ4n) is 2.40. The standard InChI is InChI=1S/C9H13NO3/c11-8-5-4-6-2-1-3-7(9(12)13)10(6)8/h6-7H,1-5H2,(H,12,13)/t6-,7-/m1/s1. The van der Waals surface area contributed by atoms with Gasteiger partial charge in [-0.3, -0.25) is 4.79 Å². The molecule has 0 aromatic rings. The minimum Gasteiger partial charge on any atom is -0.480 e. The number of hydrogen-bond donors (Lipinski definition) is 1. The van der Waals surface area contributed by atoms with Crippen molar-refractivity contribution < 1.29 is 14.7 Å². The van der Waals surface area contributed by atoms with E-state index in [0.717, 1.165) is 19.3 Å². The van der Waals surface area contributed by atoms with Gasteiger partial charge in [-0.05, 0) is 25.7 Å². The summed E-state index contributed by atoms with van der Waals surface area (Å²) in [6.45, 7) is 0. The van der Waals surface area contributed by atoms with Crippen LogP contribution in [0.5, 0.6) is 0 Å². The molecule has 0 aliphatic carbocycles. The quantitative estimate of drug-likeness (QED) is 0.648. The fraction of sp³-hybridized carbons (Fsp3) is 0.778. The summed E-state index contributed by atoms with van der Waals surface area (Å²) in [6.07, 6.45) is 3.93. The van der Waals surface area contributed by atoms with Crippen molar-refractivity contribution in [3.63, 3.8) is 0 Å². The summed E-state index contributed by atoms with van der Waals surface area (Å²) in [6, 6.07) is -0.337. The van der Waals surface area contributed by atoms with E-state index >= 15 is 0 Å². The maximum Gasteiger partial charge on any atom is 0.326 e. The van der Waals surface area contributed by atoms with Gasteiger partial charge in [-0.2, -0.15) is 0 Å². The molecule has 2 rings (SSSR count). The van der Waals surface area contributed by atoms with Crippen LogP contribution >= 0.6 is 0 Å². The zero-order valence-corrected chi connectivity index (χ0v) is 7.40. The SMILES string of the molecule is O=C(O)[C@H]1CCC[C@@H]2CCC(=O)N21. The highest BCUT2D eigenvalue weighted by atomic mass is 16.4. The van der Waals surface area contributed by atoms with Gasteiger partial charge in [0.25, 0.3) is 0 Å². The second kappa shape index (κ2) is 3.01. The van der Waals surface area contributed by atoms with E-state index in [4.69, 9.17) is 5.11 Å². The molecule has 0 aromatic carbocycles. The van der Waals surface area contributed by atoms with Gasteiger partial charge >= 0.3 is 5.97 Å².